The number of rotatable bonds is 3. The first-order valence-corrected chi connectivity index (χ1v) is 7.12. The third-order valence-electron chi connectivity index (χ3n) is 3.46. The van der Waals surface area contributed by atoms with E-state index < -0.39 is 11.8 Å². The number of aliphatic hydroxyl groups is 1. The number of hydrogen-bond donors (Lipinski definition) is 1. The van der Waals surface area contributed by atoms with Crippen LogP contribution in [0.25, 0.3) is 0 Å². The smallest absolute Gasteiger partial charge is 0.376 e. The molecular formula is C13H17F3O2S. The zero-order chi connectivity index (χ0) is 14.3. The minimum atomic E-state index is -4.67. The highest BCUT2D eigenvalue weighted by molar-refractivity contribution is 7.12. The second-order valence-electron chi connectivity index (χ2n) is 4.90. The molecule has 1 heterocycles. The maximum Gasteiger partial charge on any atom is 0.421 e. The number of thiophene rings is 1. The van der Waals surface area contributed by atoms with E-state index in [4.69, 9.17) is 4.74 Å². The van der Waals surface area contributed by atoms with Crippen LogP contribution in [0.15, 0.2) is 6.07 Å². The van der Waals surface area contributed by atoms with Gasteiger partial charge in [0, 0.05) is 16.4 Å². The van der Waals surface area contributed by atoms with Crippen molar-refractivity contribution in [3.8, 4) is 0 Å². The Hall–Kier alpha value is -0.590. The third-order valence-corrected chi connectivity index (χ3v) is 4.88. The van der Waals surface area contributed by atoms with E-state index in [1.165, 1.54) is 6.07 Å². The van der Waals surface area contributed by atoms with Crippen LogP contribution in [0.5, 0.6) is 0 Å². The first-order valence-electron chi connectivity index (χ1n) is 6.31. The van der Waals surface area contributed by atoms with Crippen molar-refractivity contribution in [2.75, 3.05) is 6.61 Å². The first kappa shape index (κ1) is 14.8. The monoisotopic (exact) mass is 294 g/mol. The molecule has 0 saturated heterocycles. The van der Waals surface area contributed by atoms with Gasteiger partial charge in [-0.3, -0.25) is 0 Å². The van der Waals surface area contributed by atoms with Gasteiger partial charge in [0.25, 0.3) is 0 Å². The van der Waals surface area contributed by atoms with Crippen molar-refractivity contribution in [2.45, 2.75) is 51.0 Å². The summed E-state index contributed by atoms with van der Waals surface area (Å²) in [7, 11) is 0. The van der Waals surface area contributed by atoms with E-state index in [1.807, 2.05) is 6.92 Å². The van der Waals surface area contributed by atoms with Gasteiger partial charge in [0.2, 0.25) is 0 Å². The second-order valence-corrected chi connectivity index (χ2v) is 6.03. The molecule has 0 amide bonds. The molecule has 0 spiro atoms. The molecule has 0 aliphatic heterocycles. The summed E-state index contributed by atoms with van der Waals surface area (Å²) in [6.07, 6.45) is -2.31. The second kappa shape index (κ2) is 5.07. The van der Waals surface area contributed by atoms with Gasteiger partial charge in [0.1, 0.15) is 0 Å². The maximum atomic E-state index is 12.9. The predicted molar refractivity (Wildman–Crippen MR) is 67.2 cm³/mol. The Morgan fingerprint density at radius 2 is 2.16 bits per heavy atom. The van der Waals surface area contributed by atoms with Gasteiger partial charge in [-0.1, -0.05) is 0 Å². The van der Waals surface area contributed by atoms with Gasteiger partial charge in [-0.2, -0.15) is 13.2 Å². The summed E-state index contributed by atoms with van der Waals surface area (Å²) in [5.41, 5.74) is -1.97. The zero-order valence-corrected chi connectivity index (χ0v) is 11.7. The Balaban J connectivity index is 2.36. The lowest BCUT2D eigenvalue weighted by Gasteiger charge is -2.24. The van der Waals surface area contributed by atoms with Crippen LogP contribution < -0.4 is 0 Å². The van der Waals surface area contributed by atoms with E-state index in [-0.39, 0.29) is 11.0 Å². The van der Waals surface area contributed by atoms with Crippen LogP contribution in [0.2, 0.25) is 0 Å². The molecule has 1 aliphatic rings. The Kier molecular flexibility index (Phi) is 3.95. The lowest BCUT2D eigenvalue weighted by atomic mass is 9.94. The van der Waals surface area contributed by atoms with Crippen LogP contribution in [0.3, 0.4) is 0 Å². The fraction of sp³-hybridized carbons (Fsp3) is 0.692. The average molecular weight is 294 g/mol. The number of ether oxygens (including phenoxy) is 1. The van der Waals surface area contributed by atoms with Crippen molar-refractivity contribution in [3.63, 3.8) is 0 Å². The van der Waals surface area contributed by atoms with E-state index in [9.17, 15) is 18.3 Å². The summed E-state index contributed by atoms with van der Waals surface area (Å²) < 4.78 is 44.1. The lowest BCUT2D eigenvalue weighted by Crippen LogP contribution is -2.38. The van der Waals surface area contributed by atoms with E-state index >= 15 is 0 Å². The molecule has 1 N–H and O–H groups in total. The number of fused-ring (bicyclic) bond motifs is 1. The molecular weight excluding hydrogens is 277 g/mol. The molecule has 6 heteroatoms. The van der Waals surface area contributed by atoms with Gasteiger partial charge in [-0.15, -0.1) is 11.3 Å². The minimum absolute atomic E-state index is 0.0448. The molecule has 1 aliphatic carbocycles. The molecule has 1 aromatic rings. The molecule has 0 radical (unpaired) electrons. The van der Waals surface area contributed by atoms with Crippen molar-refractivity contribution < 1.29 is 23.0 Å². The zero-order valence-electron chi connectivity index (χ0n) is 10.9. The fourth-order valence-corrected chi connectivity index (χ4v) is 3.59. The number of halogens is 3. The Bertz CT molecular complexity index is 451. The molecule has 0 aromatic carbocycles. The van der Waals surface area contributed by atoms with Gasteiger partial charge in [0.05, 0.1) is 6.10 Å². The molecule has 2 unspecified atom stereocenters. The molecule has 0 saturated carbocycles. The van der Waals surface area contributed by atoms with Crippen molar-refractivity contribution in [2.24, 2.45) is 0 Å². The summed E-state index contributed by atoms with van der Waals surface area (Å²) >= 11 is 1.05. The van der Waals surface area contributed by atoms with E-state index in [1.54, 1.807) is 0 Å². The summed E-state index contributed by atoms with van der Waals surface area (Å²) in [5.74, 6) is 0. The Morgan fingerprint density at radius 3 is 2.74 bits per heavy atom. The number of alkyl halides is 3. The summed E-state index contributed by atoms with van der Waals surface area (Å²) in [6, 6.07) is 1.47. The normalized spacial score (nSPS) is 22.9. The molecule has 108 valence electrons. The maximum absolute atomic E-state index is 12.9. The number of hydrogen-bond acceptors (Lipinski definition) is 3. The van der Waals surface area contributed by atoms with Gasteiger partial charge in [-0.05, 0) is 44.7 Å². The van der Waals surface area contributed by atoms with Crippen LogP contribution in [0.1, 0.15) is 48.1 Å². The Morgan fingerprint density at radius 1 is 1.47 bits per heavy atom. The van der Waals surface area contributed by atoms with Crippen molar-refractivity contribution in [1.29, 1.82) is 0 Å². The minimum Gasteiger partial charge on any atom is -0.376 e. The van der Waals surface area contributed by atoms with E-state index in [2.05, 4.69) is 0 Å². The van der Waals surface area contributed by atoms with Crippen LogP contribution in [-0.2, 0) is 16.8 Å². The highest BCUT2D eigenvalue weighted by atomic mass is 32.1. The largest absolute Gasteiger partial charge is 0.421 e. The Labute approximate surface area is 114 Å². The highest BCUT2D eigenvalue weighted by Gasteiger charge is 2.52. The molecule has 2 atom stereocenters. The first-order chi connectivity index (χ1) is 8.77. The quantitative estimate of drug-likeness (QED) is 0.915. The molecule has 1 aromatic heterocycles. The van der Waals surface area contributed by atoms with Crippen LogP contribution in [0.4, 0.5) is 13.2 Å². The number of aryl methyl sites for hydroxylation is 1. The molecule has 19 heavy (non-hydrogen) atoms. The SMILES string of the molecule is CCOC1CCCc2sc(C(C)(O)C(F)(F)F)cc21. The van der Waals surface area contributed by atoms with Gasteiger partial charge < -0.3 is 9.84 Å². The summed E-state index contributed by atoms with van der Waals surface area (Å²) in [5, 5.41) is 9.73. The van der Waals surface area contributed by atoms with Gasteiger partial charge in [0.15, 0.2) is 5.60 Å². The topological polar surface area (TPSA) is 29.5 Å². The molecule has 0 bridgehead atoms. The predicted octanol–water partition coefficient (Wildman–Crippen LogP) is 3.93. The van der Waals surface area contributed by atoms with E-state index in [0.29, 0.717) is 6.61 Å². The van der Waals surface area contributed by atoms with Crippen molar-refractivity contribution in [1.82, 2.24) is 0 Å². The fourth-order valence-electron chi connectivity index (χ4n) is 2.27. The molecule has 0 fully saturated rings. The average Bonchev–Trinajstić information content (AvgIpc) is 2.73. The van der Waals surface area contributed by atoms with Crippen LogP contribution >= 0.6 is 11.3 Å². The molecule has 2 rings (SSSR count). The van der Waals surface area contributed by atoms with Gasteiger partial charge >= 0.3 is 6.18 Å². The highest BCUT2D eigenvalue weighted by Crippen LogP contribution is 2.46. The summed E-state index contributed by atoms with van der Waals surface area (Å²) in [4.78, 5) is 0.862. The summed E-state index contributed by atoms with van der Waals surface area (Å²) in [6.45, 7) is 3.21. The van der Waals surface area contributed by atoms with Crippen molar-refractivity contribution >= 4 is 11.3 Å². The molecule has 2 nitrogen and oxygen atoms in total. The van der Waals surface area contributed by atoms with Crippen LogP contribution in [-0.4, -0.2) is 17.9 Å². The lowest BCUT2D eigenvalue weighted by molar-refractivity contribution is -0.257. The van der Waals surface area contributed by atoms with Crippen LogP contribution in [0, 0.1) is 0 Å². The van der Waals surface area contributed by atoms with Crippen molar-refractivity contribution in [3.05, 3.63) is 21.4 Å². The standard InChI is InChI=1S/C13H17F3O2S/c1-3-18-9-5-4-6-10-8(9)7-11(19-10)12(2,17)13(14,15)16/h7,9,17H,3-6H2,1-2H3. The van der Waals surface area contributed by atoms with E-state index in [0.717, 1.165) is 48.0 Å². The van der Waals surface area contributed by atoms with Gasteiger partial charge in [-0.25, -0.2) is 0 Å². The third kappa shape index (κ3) is 2.66.